The maximum atomic E-state index is 12.1. The quantitative estimate of drug-likeness (QED) is 0.700. The highest BCUT2D eigenvalue weighted by atomic mass is 16.5. The summed E-state index contributed by atoms with van der Waals surface area (Å²) < 4.78 is 15.2. The molecule has 1 fully saturated rings. The summed E-state index contributed by atoms with van der Waals surface area (Å²) in [4.78, 5) is 12.1. The highest BCUT2D eigenvalue weighted by Crippen LogP contribution is 2.42. The summed E-state index contributed by atoms with van der Waals surface area (Å²) >= 11 is 0. The third kappa shape index (κ3) is 2.47. The smallest absolute Gasteiger partial charge is 0.369 e. The van der Waals surface area contributed by atoms with E-state index in [0.29, 0.717) is 17.6 Å². The molecule has 0 bridgehead atoms. The number of ether oxygens (including phenoxy) is 1. The highest BCUT2D eigenvalue weighted by Gasteiger charge is 2.29. The van der Waals surface area contributed by atoms with Crippen molar-refractivity contribution in [2.24, 2.45) is 7.05 Å². The number of tetrazole rings is 1. The van der Waals surface area contributed by atoms with Crippen LogP contribution in [-0.2, 0) is 13.7 Å². The fraction of sp³-hybridized carbons (Fsp3) is 0.385. The standard InChI is InChI=1S/C13H14N8O2/c1-20-13(22)21(19-18-20)12-10(7-23-11-4-5-14-16-11)9(6-15-17-12)8-2-3-8/h4-6,8H,2-3,7H2,1H3,(H,14,16)/i/hT. The maximum absolute atomic E-state index is 12.1. The van der Waals surface area contributed by atoms with Crippen LogP contribution < -0.4 is 10.4 Å². The normalized spacial score (nSPS) is 14.7. The summed E-state index contributed by atoms with van der Waals surface area (Å²) in [5.41, 5.74) is 1.31. The summed E-state index contributed by atoms with van der Waals surface area (Å²) in [5, 5.41) is 20.4. The van der Waals surface area contributed by atoms with Gasteiger partial charge < -0.3 is 4.74 Å². The number of H-pyrrole nitrogens is 1. The average Bonchev–Trinajstić information content (AvgIpc) is 3.27. The summed E-state index contributed by atoms with van der Waals surface area (Å²) in [6.45, 7) is 0.150. The molecule has 118 valence electrons. The van der Waals surface area contributed by atoms with Gasteiger partial charge in [0, 0.05) is 24.9 Å². The second-order valence-electron chi connectivity index (χ2n) is 5.33. The molecule has 0 atom stereocenters. The fourth-order valence-electron chi connectivity index (χ4n) is 2.37. The van der Waals surface area contributed by atoms with Gasteiger partial charge in [-0.1, -0.05) is 0 Å². The lowest BCUT2D eigenvalue weighted by Gasteiger charge is -2.11. The van der Waals surface area contributed by atoms with Crippen molar-refractivity contribution >= 4 is 0 Å². The van der Waals surface area contributed by atoms with Crippen LogP contribution in [0.3, 0.4) is 0 Å². The van der Waals surface area contributed by atoms with E-state index in [9.17, 15) is 4.79 Å². The molecule has 0 unspecified atom stereocenters. The molecular weight excluding hydrogens is 300 g/mol. The van der Waals surface area contributed by atoms with Crippen LogP contribution in [0.5, 0.6) is 5.88 Å². The second-order valence-corrected chi connectivity index (χ2v) is 5.33. The molecule has 23 heavy (non-hydrogen) atoms. The third-order valence-electron chi connectivity index (χ3n) is 3.71. The van der Waals surface area contributed by atoms with E-state index in [1.165, 1.54) is 13.2 Å². The molecule has 4 rings (SSSR count). The van der Waals surface area contributed by atoms with Crippen molar-refractivity contribution in [2.75, 3.05) is 0 Å². The van der Waals surface area contributed by atoms with Crippen LogP contribution in [0, 0.1) is 0 Å². The van der Waals surface area contributed by atoms with Crippen LogP contribution in [0.15, 0.2) is 23.3 Å². The fourth-order valence-corrected chi connectivity index (χ4v) is 2.37. The molecule has 0 aromatic carbocycles. The van der Waals surface area contributed by atoms with Gasteiger partial charge in [0.25, 0.3) is 0 Å². The minimum Gasteiger partial charge on any atom is -0.472 e. The van der Waals surface area contributed by atoms with Gasteiger partial charge in [-0.05, 0) is 34.7 Å². The van der Waals surface area contributed by atoms with Crippen LogP contribution in [-0.4, -0.2) is 40.2 Å². The molecule has 3 heterocycles. The molecule has 1 N–H and O–H groups in total. The van der Waals surface area contributed by atoms with Gasteiger partial charge in [0.15, 0.2) is 7.23 Å². The van der Waals surface area contributed by atoms with E-state index in [4.69, 9.17) is 6.15 Å². The monoisotopic (exact) mass is 316 g/mol. The number of hydrogen-bond acceptors (Lipinski definition) is 7. The first-order chi connectivity index (χ1) is 11.6. The van der Waals surface area contributed by atoms with Crippen LogP contribution in [0.2, 0.25) is 1.41 Å². The van der Waals surface area contributed by atoms with Crippen molar-refractivity contribution in [1.82, 2.24) is 40.2 Å². The predicted octanol–water partition coefficient (Wildman–Crippen LogP) is -0.0645. The number of hydrogen-bond donors (Lipinski definition) is 1. The van der Waals surface area contributed by atoms with Crippen molar-refractivity contribution in [3.8, 4) is 11.7 Å². The first-order valence-electron chi connectivity index (χ1n) is 7.60. The SMILES string of the molecule is [3H]n1ccc(OCc2c(C3CC3)cnnc2-n2nnn(C)c2=O)n1. The lowest BCUT2D eigenvalue weighted by atomic mass is 10.1. The van der Waals surface area contributed by atoms with Gasteiger partial charge in [-0.25, -0.2) is 4.79 Å². The Bertz CT molecular complexity index is 942. The van der Waals surface area contributed by atoms with Gasteiger partial charge in [0.05, 0.1) is 6.20 Å². The first kappa shape index (κ1) is 12.5. The van der Waals surface area contributed by atoms with E-state index >= 15 is 0 Å². The molecule has 1 saturated carbocycles. The topological polar surface area (TPSA) is 116 Å². The largest absolute Gasteiger partial charge is 0.472 e. The average molecular weight is 316 g/mol. The third-order valence-corrected chi connectivity index (χ3v) is 3.71. The Labute approximate surface area is 131 Å². The van der Waals surface area contributed by atoms with Gasteiger partial charge in [-0.3, -0.25) is 5.09 Å². The van der Waals surface area contributed by atoms with E-state index in [-0.39, 0.29) is 6.61 Å². The molecular formula is C13H14N8O2. The number of nitrogens with zero attached hydrogens (tertiary/aromatic N) is 7. The molecule has 0 radical (unpaired) electrons. The van der Waals surface area contributed by atoms with E-state index in [1.807, 2.05) is 0 Å². The van der Waals surface area contributed by atoms with Crippen molar-refractivity contribution in [1.29, 1.82) is 0 Å². The number of nitrogens with one attached hydrogen (secondary N) is 1. The Morgan fingerprint density at radius 1 is 1.48 bits per heavy atom. The van der Waals surface area contributed by atoms with E-state index in [1.54, 1.807) is 12.3 Å². The number of aryl methyl sites for hydroxylation is 1. The van der Waals surface area contributed by atoms with Crippen molar-refractivity contribution in [3.63, 3.8) is 0 Å². The zero-order valence-corrected chi connectivity index (χ0v) is 12.3. The molecule has 0 aliphatic heterocycles. The maximum Gasteiger partial charge on any atom is 0.369 e. The predicted molar refractivity (Wildman–Crippen MR) is 77.1 cm³/mol. The molecule has 0 saturated heterocycles. The zero-order valence-electron chi connectivity index (χ0n) is 13.3. The van der Waals surface area contributed by atoms with Gasteiger partial charge >= 0.3 is 5.69 Å². The molecule has 0 amide bonds. The Morgan fingerprint density at radius 2 is 2.35 bits per heavy atom. The van der Waals surface area contributed by atoms with E-state index in [0.717, 1.165) is 38.4 Å². The Balaban J connectivity index is 1.74. The van der Waals surface area contributed by atoms with Crippen molar-refractivity contribution < 1.29 is 6.15 Å². The van der Waals surface area contributed by atoms with Gasteiger partial charge in [0.1, 0.15) is 6.61 Å². The molecule has 10 nitrogen and oxygen atoms in total. The summed E-state index contributed by atoms with van der Waals surface area (Å²) in [6.07, 6.45) is 5.30. The molecule has 3 aromatic heterocycles. The molecule has 3 aromatic rings. The van der Waals surface area contributed by atoms with Crippen LogP contribution in [0.25, 0.3) is 5.82 Å². The molecule has 10 heteroatoms. The van der Waals surface area contributed by atoms with E-state index in [2.05, 4.69) is 25.7 Å². The minimum atomic E-state index is -0.408. The minimum absolute atomic E-state index is 0.150. The molecule has 0 spiro atoms. The van der Waals surface area contributed by atoms with Gasteiger partial charge in [0.2, 0.25) is 5.88 Å². The second kappa shape index (κ2) is 5.30. The molecule has 1 aliphatic rings. The summed E-state index contributed by atoms with van der Waals surface area (Å²) in [7, 11) is 1.51. The van der Waals surface area contributed by atoms with E-state index < -0.39 is 5.69 Å². The highest BCUT2D eigenvalue weighted by molar-refractivity contribution is 5.40. The van der Waals surface area contributed by atoms with Crippen LogP contribution >= 0.6 is 0 Å². The van der Waals surface area contributed by atoms with Crippen molar-refractivity contribution in [3.05, 3.63) is 40.1 Å². The lowest BCUT2D eigenvalue weighted by molar-refractivity contribution is 0.290. The Kier molecular flexibility index (Phi) is 2.88. The number of rotatable bonds is 5. The first-order valence-corrected chi connectivity index (χ1v) is 7.15. The lowest BCUT2D eigenvalue weighted by Crippen LogP contribution is -2.25. The Morgan fingerprint density at radius 3 is 3.00 bits per heavy atom. The van der Waals surface area contributed by atoms with Gasteiger partial charge in [-0.15, -0.1) is 14.9 Å². The number of aromatic nitrogens is 8. The van der Waals surface area contributed by atoms with Crippen molar-refractivity contribution in [2.45, 2.75) is 25.4 Å². The van der Waals surface area contributed by atoms with Crippen LogP contribution in [0.1, 0.15) is 29.9 Å². The summed E-state index contributed by atoms with van der Waals surface area (Å²) in [5.74, 6) is 1.02. The zero-order chi connectivity index (χ0) is 16.7. The molecule has 1 aliphatic carbocycles. The van der Waals surface area contributed by atoms with Gasteiger partial charge in [-0.2, -0.15) is 9.78 Å². The summed E-state index contributed by atoms with van der Waals surface area (Å²) in [6, 6.07) is 1.59. The number of aromatic amines is 1. The van der Waals surface area contributed by atoms with Crippen LogP contribution in [0.4, 0.5) is 0 Å². The Hall–Kier alpha value is -3.04.